The summed E-state index contributed by atoms with van der Waals surface area (Å²) in [4.78, 5) is 5.58. The van der Waals surface area contributed by atoms with Crippen molar-refractivity contribution in [1.29, 1.82) is 0 Å². The zero-order valence-corrected chi connectivity index (χ0v) is 12.1. The van der Waals surface area contributed by atoms with Crippen LogP contribution in [-0.2, 0) is 0 Å². The summed E-state index contributed by atoms with van der Waals surface area (Å²) in [6, 6.07) is 3.20. The highest BCUT2D eigenvalue weighted by atomic mass is 15.3. The van der Waals surface area contributed by atoms with E-state index in [1.807, 2.05) is 0 Å². The van der Waals surface area contributed by atoms with Crippen LogP contribution in [0.1, 0.15) is 46.0 Å². The normalized spacial score (nSPS) is 42.3. The molecule has 3 aliphatic rings. The van der Waals surface area contributed by atoms with E-state index < -0.39 is 0 Å². The van der Waals surface area contributed by atoms with Crippen molar-refractivity contribution >= 4 is 0 Å². The predicted molar refractivity (Wildman–Crippen MR) is 75.9 cm³/mol. The molecular formula is C15H29N3. The van der Waals surface area contributed by atoms with E-state index >= 15 is 0 Å². The summed E-state index contributed by atoms with van der Waals surface area (Å²) >= 11 is 0. The van der Waals surface area contributed by atoms with Crippen molar-refractivity contribution in [2.75, 3.05) is 26.2 Å². The highest BCUT2D eigenvalue weighted by molar-refractivity contribution is 5.00. The molecule has 0 aromatic rings. The SMILES string of the molecule is CCCC1CN(C2CCN3CCCC23)C(C)CN1. The molecule has 3 rings (SSSR count). The maximum atomic E-state index is 3.73. The second-order valence-electron chi connectivity index (χ2n) is 6.54. The zero-order valence-electron chi connectivity index (χ0n) is 12.1. The fourth-order valence-corrected chi connectivity index (χ4v) is 4.40. The van der Waals surface area contributed by atoms with Gasteiger partial charge >= 0.3 is 0 Å². The van der Waals surface area contributed by atoms with E-state index in [1.54, 1.807) is 0 Å². The van der Waals surface area contributed by atoms with Crippen molar-refractivity contribution in [3.05, 3.63) is 0 Å². The molecule has 0 aromatic heterocycles. The van der Waals surface area contributed by atoms with Gasteiger partial charge in [0.1, 0.15) is 0 Å². The first-order valence-corrected chi connectivity index (χ1v) is 8.02. The summed E-state index contributed by atoms with van der Waals surface area (Å²) in [5, 5.41) is 3.73. The Bertz CT molecular complexity index is 281. The molecule has 3 nitrogen and oxygen atoms in total. The van der Waals surface area contributed by atoms with Crippen LogP contribution < -0.4 is 5.32 Å². The van der Waals surface area contributed by atoms with Crippen LogP contribution in [0.15, 0.2) is 0 Å². The Kier molecular flexibility index (Phi) is 3.92. The molecular weight excluding hydrogens is 222 g/mol. The molecule has 3 heteroatoms. The molecule has 0 aromatic carbocycles. The number of fused-ring (bicyclic) bond motifs is 1. The Morgan fingerprint density at radius 2 is 2.06 bits per heavy atom. The molecule has 0 bridgehead atoms. The van der Waals surface area contributed by atoms with Crippen molar-refractivity contribution < 1.29 is 0 Å². The smallest absolute Gasteiger partial charge is 0.0267 e. The molecule has 3 saturated heterocycles. The molecule has 18 heavy (non-hydrogen) atoms. The summed E-state index contributed by atoms with van der Waals surface area (Å²) in [6.45, 7) is 9.90. The molecule has 3 heterocycles. The standard InChI is InChI=1S/C15H29N3/c1-3-5-13-11-18(12(2)10-16-13)15-7-9-17-8-4-6-14(15)17/h12-16H,3-11H2,1-2H3. The Hall–Kier alpha value is -0.120. The average Bonchev–Trinajstić information content (AvgIpc) is 2.94. The van der Waals surface area contributed by atoms with Crippen LogP contribution in [0, 0.1) is 0 Å². The van der Waals surface area contributed by atoms with Gasteiger partial charge in [0.25, 0.3) is 0 Å². The topological polar surface area (TPSA) is 18.5 Å². The van der Waals surface area contributed by atoms with Crippen molar-refractivity contribution in [3.8, 4) is 0 Å². The van der Waals surface area contributed by atoms with Crippen LogP contribution >= 0.6 is 0 Å². The van der Waals surface area contributed by atoms with Gasteiger partial charge in [0.2, 0.25) is 0 Å². The minimum atomic E-state index is 0.726. The lowest BCUT2D eigenvalue weighted by Gasteiger charge is -2.44. The van der Waals surface area contributed by atoms with E-state index in [1.165, 1.54) is 58.3 Å². The first-order valence-electron chi connectivity index (χ1n) is 8.02. The number of hydrogen-bond donors (Lipinski definition) is 1. The molecule has 104 valence electrons. The van der Waals surface area contributed by atoms with Crippen LogP contribution in [0.25, 0.3) is 0 Å². The lowest BCUT2D eigenvalue weighted by atomic mass is 9.98. The van der Waals surface area contributed by atoms with Gasteiger partial charge in [-0.1, -0.05) is 13.3 Å². The Labute approximate surface area is 112 Å². The third-order valence-corrected chi connectivity index (χ3v) is 5.33. The molecule has 0 amide bonds. The number of rotatable bonds is 3. The Morgan fingerprint density at radius 1 is 1.17 bits per heavy atom. The lowest BCUT2D eigenvalue weighted by Crippen LogP contribution is -2.60. The molecule has 0 spiro atoms. The average molecular weight is 251 g/mol. The quantitative estimate of drug-likeness (QED) is 0.823. The van der Waals surface area contributed by atoms with Gasteiger partial charge in [0, 0.05) is 43.8 Å². The highest BCUT2D eigenvalue weighted by Gasteiger charge is 2.42. The number of nitrogens with zero attached hydrogens (tertiary/aromatic N) is 2. The summed E-state index contributed by atoms with van der Waals surface area (Å²) < 4.78 is 0. The summed E-state index contributed by atoms with van der Waals surface area (Å²) in [6.07, 6.45) is 6.93. The van der Waals surface area contributed by atoms with Gasteiger partial charge < -0.3 is 5.32 Å². The molecule has 4 atom stereocenters. The minimum Gasteiger partial charge on any atom is -0.311 e. The van der Waals surface area contributed by atoms with E-state index in [0.717, 1.165) is 24.2 Å². The molecule has 3 aliphatic heterocycles. The fraction of sp³-hybridized carbons (Fsp3) is 1.00. The van der Waals surface area contributed by atoms with Gasteiger partial charge in [-0.15, -0.1) is 0 Å². The van der Waals surface area contributed by atoms with Gasteiger partial charge in [0.05, 0.1) is 0 Å². The maximum absolute atomic E-state index is 3.73. The molecule has 0 saturated carbocycles. The van der Waals surface area contributed by atoms with E-state index in [9.17, 15) is 0 Å². The lowest BCUT2D eigenvalue weighted by molar-refractivity contribution is 0.0725. The second-order valence-corrected chi connectivity index (χ2v) is 6.54. The summed E-state index contributed by atoms with van der Waals surface area (Å²) in [5.74, 6) is 0. The predicted octanol–water partition coefficient (Wildman–Crippen LogP) is 1.69. The van der Waals surface area contributed by atoms with Gasteiger partial charge in [-0.05, 0) is 39.2 Å². The van der Waals surface area contributed by atoms with Crippen molar-refractivity contribution in [2.24, 2.45) is 0 Å². The summed E-state index contributed by atoms with van der Waals surface area (Å²) in [7, 11) is 0. The first kappa shape index (κ1) is 12.9. The van der Waals surface area contributed by atoms with Crippen molar-refractivity contribution in [2.45, 2.75) is 70.1 Å². The highest BCUT2D eigenvalue weighted by Crippen LogP contribution is 2.33. The number of piperazine rings is 1. The van der Waals surface area contributed by atoms with E-state index in [0.29, 0.717) is 0 Å². The van der Waals surface area contributed by atoms with Crippen molar-refractivity contribution in [1.82, 2.24) is 15.1 Å². The molecule has 0 aliphatic carbocycles. The van der Waals surface area contributed by atoms with Crippen LogP contribution in [0.2, 0.25) is 0 Å². The zero-order chi connectivity index (χ0) is 12.5. The summed E-state index contributed by atoms with van der Waals surface area (Å²) in [5.41, 5.74) is 0. The van der Waals surface area contributed by atoms with Crippen LogP contribution in [-0.4, -0.2) is 60.1 Å². The third kappa shape index (κ3) is 2.33. The largest absolute Gasteiger partial charge is 0.311 e. The molecule has 4 unspecified atom stereocenters. The van der Waals surface area contributed by atoms with Gasteiger partial charge in [-0.2, -0.15) is 0 Å². The second kappa shape index (κ2) is 5.48. The van der Waals surface area contributed by atoms with Gasteiger partial charge in [-0.3, -0.25) is 9.80 Å². The number of hydrogen-bond acceptors (Lipinski definition) is 3. The molecule has 3 fully saturated rings. The van der Waals surface area contributed by atoms with Gasteiger partial charge in [-0.25, -0.2) is 0 Å². The Morgan fingerprint density at radius 3 is 2.89 bits per heavy atom. The van der Waals surface area contributed by atoms with E-state index in [-0.39, 0.29) is 0 Å². The van der Waals surface area contributed by atoms with E-state index in [2.05, 4.69) is 29.0 Å². The Balaban J connectivity index is 1.66. The number of nitrogens with one attached hydrogen (secondary N) is 1. The minimum absolute atomic E-state index is 0.726. The maximum Gasteiger partial charge on any atom is 0.0267 e. The van der Waals surface area contributed by atoms with Crippen LogP contribution in [0.3, 0.4) is 0 Å². The third-order valence-electron chi connectivity index (χ3n) is 5.33. The van der Waals surface area contributed by atoms with E-state index in [4.69, 9.17) is 0 Å². The fourth-order valence-electron chi connectivity index (χ4n) is 4.40. The molecule has 0 radical (unpaired) electrons. The first-order chi connectivity index (χ1) is 8.79. The van der Waals surface area contributed by atoms with Crippen LogP contribution in [0.5, 0.6) is 0 Å². The van der Waals surface area contributed by atoms with Crippen LogP contribution in [0.4, 0.5) is 0 Å². The monoisotopic (exact) mass is 251 g/mol. The molecule has 1 N–H and O–H groups in total. The van der Waals surface area contributed by atoms with Gasteiger partial charge in [0.15, 0.2) is 0 Å². The van der Waals surface area contributed by atoms with Crippen molar-refractivity contribution in [3.63, 3.8) is 0 Å².